The van der Waals surface area contributed by atoms with Crippen molar-refractivity contribution in [1.82, 2.24) is 4.90 Å². The molecule has 0 atom stereocenters. The van der Waals surface area contributed by atoms with Gasteiger partial charge in [0.2, 0.25) is 0 Å². The SMILES string of the molecule is CN(C(=N)c1ccccc1)C(=N)C1(c2ccc(Cl)cc2)CCC1. The van der Waals surface area contributed by atoms with Crippen LogP contribution in [-0.4, -0.2) is 23.6 Å². The first kappa shape index (κ1) is 15.8. The van der Waals surface area contributed by atoms with E-state index in [-0.39, 0.29) is 5.41 Å². The molecule has 23 heavy (non-hydrogen) atoms. The number of amidine groups is 2. The summed E-state index contributed by atoms with van der Waals surface area (Å²) in [5.74, 6) is 0.843. The molecule has 0 unspecified atom stereocenters. The minimum atomic E-state index is -0.291. The van der Waals surface area contributed by atoms with Crippen LogP contribution in [0.4, 0.5) is 0 Å². The lowest BCUT2D eigenvalue weighted by Crippen LogP contribution is -2.51. The molecule has 1 aliphatic rings. The van der Waals surface area contributed by atoms with Crippen LogP contribution in [-0.2, 0) is 5.41 Å². The fraction of sp³-hybridized carbons (Fsp3) is 0.263. The highest BCUT2D eigenvalue weighted by molar-refractivity contribution is 6.30. The summed E-state index contributed by atoms with van der Waals surface area (Å²) in [5, 5.41) is 17.8. The first-order valence-corrected chi connectivity index (χ1v) is 8.15. The first-order chi connectivity index (χ1) is 11.0. The molecule has 2 aromatic carbocycles. The summed E-state index contributed by atoms with van der Waals surface area (Å²) in [5.41, 5.74) is 1.65. The molecule has 0 spiro atoms. The van der Waals surface area contributed by atoms with Crippen LogP contribution in [0.25, 0.3) is 0 Å². The molecule has 0 saturated heterocycles. The highest BCUT2D eigenvalue weighted by atomic mass is 35.5. The summed E-state index contributed by atoms with van der Waals surface area (Å²) in [4.78, 5) is 1.70. The number of nitrogens with one attached hydrogen (secondary N) is 2. The number of hydrogen-bond donors (Lipinski definition) is 2. The summed E-state index contributed by atoms with van der Waals surface area (Å²) < 4.78 is 0. The van der Waals surface area contributed by atoms with Gasteiger partial charge < -0.3 is 4.90 Å². The van der Waals surface area contributed by atoms with Gasteiger partial charge in [-0.15, -0.1) is 0 Å². The maximum atomic E-state index is 8.72. The van der Waals surface area contributed by atoms with Crippen molar-refractivity contribution in [3.8, 4) is 0 Å². The van der Waals surface area contributed by atoms with E-state index in [0.29, 0.717) is 16.7 Å². The smallest absolute Gasteiger partial charge is 0.133 e. The lowest BCUT2D eigenvalue weighted by molar-refractivity contribution is 0.319. The lowest BCUT2D eigenvalue weighted by atomic mass is 9.63. The van der Waals surface area contributed by atoms with E-state index in [0.717, 1.165) is 30.4 Å². The number of hydrogen-bond acceptors (Lipinski definition) is 2. The van der Waals surface area contributed by atoms with Crippen LogP contribution in [0.5, 0.6) is 0 Å². The van der Waals surface area contributed by atoms with E-state index >= 15 is 0 Å². The molecule has 1 aliphatic carbocycles. The predicted octanol–water partition coefficient (Wildman–Crippen LogP) is 4.70. The Morgan fingerprint density at radius 2 is 1.61 bits per heavy atom. The molecule has 2 aromatic rings. The van der Waals surface area contributed by atoms with Crippen molar-refractivity contribution in [2.75, 3.05) is 7.05 Å². The van der Waals surface area contributed by atoms with Crippen LogP contribution in [0, 0.1) is 10.8 Å². The van der Waals surface area contributed by atoms with Crippen LogP contribution in [0.2, 0.25) is 5.02 Å². The van der Waals surface area contributed by atoms with E-state index in [9.17, 15) is 0 Å². The zero-order valence-electron chi connectivity index (χ0n) is 13.1. The molecule has 3 nitrogen and oxygen atoms in total. The van der Waals surface area contributed by atoms with Crippen LogP contribution in [0.1, 0.15) is 30.4 Å². The Kier molecular flexibility index (Phi) is 4.22. The van der Waals surface area contributed by atoms with Gasteiger partial charge in [0.1, 0.15) is 11.7 Å². The zero-order valence-corrected chi connectivity index (χ0v) is 13.9. The molecule has 0 aliphatic heterocycles. The van der Waals surface area contributed by atoms with E-state index in [4.69, 9.17) is 22.4 Å². The fourth-order valence-electron chi connectivity index (χ4n) is 3.18. The second-order valence-corrected chi connectivity index (χ2v) is 6.50. The number of rotatable bonds is 3. The van der Waals surface area contributed by atoms with Gasteiger partial charge in [-0.3, -0.25) is 10.8 Å². The van der Waals surface area contributed by atoms with E-state index in [1.807, 2.05) is 61.6 Å². The van der Waals surface area contributed by atoms with Crippen molar-refractivity contribution >= 4 is 23.3 Å². The summed E-state index contributed by atoms with van der Waals surface area (Å²) in [6.45, 7) is 0. The Balaban J connectivity index is 1.88. The Morgan fingerprint density at radius 3 is 2.13 bits per heavy atom. The largest absolute Gasteiger partial charge is 0.317 e. The Morgan fingerprint density at radius 1 is 1.00 bits per heavy atom. The van der Waals surface area contributed by atoms with E-state index in [1.165, 1.54) is 0 Å². The highest BCUT2D eigenvalue weighted by Gasteiger charge is 2.44. The first-order valence-electron chi connectivity index (χ1n) is 7.77. The zero-order chi connectivity index (χ0) is 16.4. The topological polar surface area (TPSA) is 50.9 Å². The maximum absolute atomic E-state index is 8.72. The number of benzene rings is 2. The highest BCUT2D eigenvalue weighted by Crippen LogP contribution is 2.45. The van der Waals surface area contributed by atoms with Gasteiger partial charge in [-0.25, -0.2) is 0 Å². The van der Waals surface area contributed by atoms with Crippen molar-refractivity contribution in [2.24, 2.45) is 0 Å². The van der Waals surface area contributed by atoms with Gasteiger partial charge in [-0.2, -0.15) is 0 Å². The minimum Gasteiger partial charge on any atom is -0.317 e. The number of nitrogens with zero attached hydrogens (tertiary/aromatic N) is 1. The van der Waals surface area contributed by atoms with Gasteiger partial charge in [-0.1, -0.05) is 60.5 Å². The molecule has 0 heterocycles. The van der Waals surface area contributed by atoms with E-state index < -0.39 is 0 Å². The van der Waals surface area contributed by atoms with Gasteiger partial charge in [0.15, 0.2) is 0 Å². The van der Waals surface area contributed by atoms with Crippen LogP contribution in [0.3, 0.4) is 0 Å². The van der Waals surface area contributed by atoms with Gasteiger partial charge in [0.05, 0.1) is 5.41 Å². The average Bonchev–Trinajstić information content (AvgIpc) is 2.55. The van der Waals surface area contributed by atoms with Crippen molar-refractivity contribution in [3.63, 3.8) is 0 Å². The van der Waals surface area contributed by atoms with Gasteiger partial charge in [0.25, 0.3) is 0 Å². The normalized spacial score (nSPS) is 15.6. The van der Waals surface area contributed by atoms with Gasteiger partial charge in [-0.05, 0) is 30.5 Å². The molecule has 4 heteroatoms. The Hall–Kier alpha value is -2.13. The third-order valence-corrected chi connectivity index (χ3v) is 5.03. The van der Waals surface area contributed by atoms with Gasteiger partial charge >= 0.3 is 0 Å². The second-order valence-electron chi connectivity index (χ2n) is 6.06. The van der Waals surface area contributed by atoms with Crippen LogP contribution >= 0.6 is 11.6 Å². The third-order valence-electron chi connectivity index (χ3n) is 4.78. The number of halogens is 1. The predicted molar refractivity (Wildman–Crippen MR) is 95.7 cm³/mol. The monoisotopic (exact) mass is 325 g/mol. The van der Waals surface area contributed by atoms with Crippen molar-refractivity contribution < 1.29 is 0 Å². The molecular formula is C19H20ClN3. The summed E-state index contributed by atoms with van der Waals surface area (Å²) in [6.07, 6.45) is 3.00. The summed E-state index contributed by atoms with van der Waals surface area (Å²) >= 11 is 6.00. The lowest BCUT2D eigenvalue weighted by Gasteiger charge is -2.45. The van der Waals surface area contributed by atoms with Crippen molar-refractivity contribution in [3.05, 3.63) is 70.7 Å². The van der Waals surface area contributed by atoms with E-state index in [1.54, 1.807) is 4.90 Å². The second kappa shape index (κ2) is 6.17. The minimum absolute atomic E-state index is 0.291. The Labute approximate surface area is 141 Å². The molecule has 2 N–H and O–H groups in total. The van der Waals surface area contributed by atoms with Crippen LogP contribution in [0.15, 0.2) is 54.6 Å². The number of likely N-dealkylation sites (N-methyl/N-ethyl adjacent to an activating group) is 1. The molecule has 0 amide bonds. The van der Waals surface area contributed by atoms with Crippen molar-refractivity contribution in [1.29, 1.82) is 10.8 Å². The Bertz CT molecular complexity index is 718. The molecule has 3 rings (SSSR count). The fourth-order valence-corrected chi connectivity index (χ4v) is 3.31. The van der Waals surface area contributed by atoms with Crippen LogP contribution < -0.4 is 0 Å². The summed E-state index contributed by atoms with van der Waals surface area (Å²) in [7, 11) is 1.81. The molecule has 0 bridgehead atoms. The molecule has 0 radical (unpaired) electrons. The molecule has 1 fully saturated rings. The standard InChI is InChI=1S/C19H20ClN3/c1-23(17(21)14-6-3-2-4-7-14)18(22)19(12-5-13-19)15-8-10-16(20)11-9-15/h2-4,6-11,21-22H,5,12-13H2,1H3. The maximum Gasteiger partial charge on any atom is 0.133 e. The molecular weight excluding hydrogens is 306 g/mol. The van der Waals surface area contributed by atoms with E-state index in [2.05, 4.69) is 0 Å². The quantitative estimate of drug-likeness (QED) is 0.624. The van der Waals surface area contributed by atoms with Crippen molar-refractivity contribution in [2.45, 2.75) is 24.7 Å². The average molecular weight is 326 g/mol. The molecule has 0 aromatic heterocycles. The summed E-state index contributed by atoms with van der Waals surface area (Å²) in [6, 6.07) is 17.4. The third kappa shape index (κ3) is 2.77. The molecule has 1 saturated carbocycles. The molecule has 118 valence electrons. The van der Waals surface area contributed by atoms with Gasteiger partial charge in [0, 0.05) is 17.6 Å².